The molecule has 19 heavy (non-hydrogen) atoms. The number of alkyl carbamates (subject to hydrolysis) is 1. The number of hydrogen-bond donors (Lipinski definition) is 2. The minimum absolute atomic E-state index is 0.160. The molecule has 0 aliphatic rings. The van der Waals surface area contributed by atoms with Gasteiger partial charge < -0.3 is 15.4 Å². The van der Waals surface area contributed by atoms with E-state index in [0.29, 0.717) is 18.6 Å². The molecule has 0 saturated carbocycles. The number of rotatable bonds is 8. The van der Waals surface area contributed by atoms with Crippen LogP contribution < -0.4 is 10.6 Å². The maximum Gasteiger partial charge on any atom is 0.407 e. The normalized spacial score (nSPS) is 12.3. The van der Waals surface area contributed by atoms with E-state index in [2.05, 4.69) is 45.3 Å². The van der Waals surface area contributed by atoms with E-state index in [4.69, 9.17) is 4.74 Å². The Morgan fingerprint density at radius 3 is 2.16 bits per heavy atom. The van der Waals surface area contributed by atoms with Crippen molar-refractivity contribution in [2.45, 2.75) is 66.3 Å². The molecule has 0 radical (unpaired) electrons. The molecule has 4 heteroatoms. The molecule has 0 bridgehead atoms. The van der Waals surface area contributed by atoms with Crippen LogP contribution in [-0.2, 0) is 4.74 Å². The molecule has 0 spiro atoms. The van der Waals surface area contributed by atoms with Crippen molar-refractivity contribution < 1.29 is 9.53 Å². The molecule has 0 heterocycles. The average molecular weight is 272 g/mol. The van der Waals surface area contributed by atoms with Gasteiger partial charge in [-0.3, -0.25) is 0 Å². The van der Waals surface area contributed by atoms with Gasteiger partial charge in [-0.15, -0.1) is 0 Å². The molecule has 0 aliphatic carbocycles. The van der Waals surface area contributed by atoms with Crippen molar-refractivity contribution >= 4 is 6.09 Å². The van der Waals surface area contributed by atoms with Crippen molar-refractivity contribution in [3.05, 3.63) is 0 Å². The Kier molecular flexibility index (Phi) is 8.07. The first kappa shape index (κ1) is 18.2. The van der Waals surface area contributed by atoms with Crippen LogP contribution in [0, 0.1) is 5.41 Å². The molecule has 0 rings (SSSR count). The molecule has 0 saturated heterocycles. The highest BCUT2D eigenvalue weighted by atomic mass is 16.5. The largest absolute Gasteiger partial charge is 0.450 e. The summed E-state index contributed by atoms with van der Waals surface area (Å²) in [5.74, 6) is 0. The topological polar surface area (TPSA) is 50.4 Å². The summed E-state index contributed by atoms with van der Waals surface area (Å²) in [6, 6.07) is 0. The lowest BCUT2D eigenvalue weighted by molar-refractivity contribution is 0.152. The summed E-state index contributed by atoms with van der Waals surface area (Å²) in [5.41, 5.74) is 0.495. The van der Waals surface area contributed by atoms with Gasteiger partial charge in [0.15, 0.2) is 0 Å². The van der Waals surface area contributed by atoms with E-state index in [1.165, 1.54) is 0 Å². The predicted octanol–water partition coefficient (Wildman–Crippen LogP) is 3.32. The Balaban J connectivity index is 3.61. The van der Waals surface area contributed by atoms with Crippen molar-refractivity contribution in [1.29, 1.82) is 0 Å². The molecule has 0 aromatic rings. The first-order valence-electron chi connectivity index (χ1n) is 7.32. The smallest absolute Gasteiger partial charge is 0.407 e. The van der Waals surface area contributed by atoms with Crippen LogP contribution in [0.5, 0.6) is 0 Å². The van der Waals surface area contributed by atoms with Gasteiger partial charge in [-0.1, -0.05) is 20.8 Å². The first-order chi connectivity index (χ1) is 8.66. The quantitative estimate of drug-likeness (QED) is 0.666. The minimum atomic E-state index is -0.316. The van der Waals surface area contributed by atoms with Crippen molar-refractivity contribution in [1.82, 2.24) is 10.6 Å². The van der Waals surface area contributed by atoms with Crippen LogP contribution in [-0.4, -0.2) is 31.3 Å². The second kappa shape index (κ2) is 8.41. The molecular formula is C15H32N2O2. The summed E-state index contributed by atoms with van der Waals surface area (Å²) >= 11 is 0. The van der Waals surface area contributed by atoms with E-state index in [1.807, 2.05) is 0 Å². The monoisotopic (exact) mass is 272 g/mol. The lowest BCUT2D eigenvalue weighted by Crippen LogP contribution is -2.42. The molecule has 114 valence electrons. The summed E-state index contributed by atoms with van der Waals surface area (Å²) in [7, 11) is 0. The number of carbonyl (C=O) groups is 1. The fraction of sp³-hybridized carbons (Fsp3) is 0.933. The number of unbranched alkanes of at least 4 members (excludes halogenated alkanes) is 1. The van der Waals surface area contributed by atoms with Crippen LogP contribution in [0.1, 0.15) is 60.8 Å². The molecule has 0 atom stereocenters. The first-order valence-corrected chi connectivity index (χ1v) is 7.32. The third kappa shape index (κ3) is 12.0. The maximum atomic E-state index is 11.0. The van der Waals surface area contributed by atoms with Gasteiger partial charge in [0.25, 0.3) is 0 Å². The Bertz CT molecular complexity index is 257. The van der Waals surface area contributed by atoms with E-state index in [1.54, 1.807) is 6.92 Å². The fourth-order valence-electron chi connectivity index (χ4n) is 2.44. The summed E-state index contributed by atoms with van der Waals surface area (Å²) in [4.78, 5) is 11.0. The second-order valence-corrected chi connectivity index (χ2v) is 6.90. The number of ether oxygens (including phenoxy) is 1. The van der Waals surface area contributed by atoms with Gasteiger partial charge in [-0.25, -0.2) is 4.79 Å². The average Bonchev–Trinajstić information content (AvgIpc) is 2.20. The zero-order chi connectivity index (χ0) is 14.9. The van der Waals surface area contributed by atoms with Gasteiger partial charge in [0.1, 0.15) is 0 Å². The van der Waals surface area contributed by atoms with E-state index in [0.717, 1.165) is 25.8 Å². The van der Waals surface area contributed by atoms with Gasteiger partial charge in [-0.2, -0.15) is 0 Å². The highest BCUT2D eigenvalue weighted by molar-refractivity contribution is 5.66. The third-order valence-electron chi connectivity index (χ3n) is 2.72. The Labute approximate surface area is 118 Å². The molecule has 0 aromatic heterocycles. The van der Waals surface area contributed by atoms with Crippen molar-refractivity contribution in [3.63, 3.8) is 0 Å². The minimum Gasteiger partial charge on any atom is -0.450 e. The predicted molar refractivity (Wildman–Crippen MR) is 80.4 cm³/mol. The van der Waals surface area contributed by atoms with Crippen molar-refractivity contribution in [3.8, 4) is 0 Å². The number of amides is 1. The van der Waals surface area contributed by atoms with Crippen LogP contribution in [0.3, 0.4) is 0 Å². The lowest BCUT2D eigenvalue weighted by Gasteiger charge is -2.33. The van der Waals surface area contributed by atoms with Gasteiger partial charge >= 0.3 is 6.09 Å². The van der Waals surface area contributed by atoms with E-state index >= 15 is 0 Å². The van der Waals surface area contributed by atoms with E-state index in [-0.39, 0.29) is 11.6 Å². The summed E-state index contributed by atoms with van der Waals surface area (Å²) in [6.07, 6.45) is 2.85. The Morgan fingerprint density at radius 1 is 1.05 bits per heavy atom. The number of nitrogens with one attached hydrogen (secondary N) is 2. The molecule has 0 unspecified atom stereocenters. The van der Waals surface area contributed by atoms with Gasteiger partial charge in [0.05, 0.1) is 6.61 Å². The number of hydrogen-bond acceptors (Lipinski definition) is 3. The third-order valence-corrected chi connectivity index (χ3v) is 2.72. The summed E-state index contributed by atoms with van der Waals surface area (Å²) in [6.45, 7) is 15.2. The van der Waals surface area contributed by atoms with E-state index < -0.39 is 0 Å². The summed E-state index contributed by atoms with van der Waals surface area (Å²) < 4.78 is 4.79. The highest BCUT2D eigenvalue weighted by Gasteiger charge is 2.24. The van der Waals surface area contributed by atoms with Gasteiger partial charge in [0.2, 0.25) is 0 Å². The van der Waals surface area contributed by atoms with Crippen LogP contribution in [0.25, 0.3) is 0 Å². The van der Waals surface area contributed by atoms with Crippen LogP contribution in [0.2, 0.25) is 0 Å². The van der Waals surface area contributed by atoms with E-state index in [9.17, 15) is 4.79 Å². The van der Waals surface area contributed by atoms with Crippen LogP contribution in [0.4, 0.5) is 4.79 Å². The van der Waals surface area contributed by atoms with Crippen LogP contribution in [0.15, 0.2) is 0 Å². The second-order valence-electron chi connectivity index (χ2n) is 6.90. The SMILES string of the molecule is CCOC(=O)NCCCCNC(C)(C)CC(C)(C)C. The lowest BCUT2D eigenvalue weighted by atomic mass is 9.82. The Morgan fingerprint density at radius 2 is 1.63 bits per heavy atom. The molecule has 0 fully saturated rings. The molecule has 4 nitrogen and oxygen atoms in total. The molecule has 0 aliphatic heterocycles. The molecular weight excluding hydrogens is 240 g/mol. The molecule has 0 aromatic carbocycles. The molecule has 1 amide bonds. The zero-order valence-corrected chi connectivity index (χ0v) is 13.6. The number of carbonyl (C=O) groups excluding carboxylic acids is 1. The zero-order valence-electron chi connectivity index (χ0n) is 13.6. The van der Waals surface area contributed by atoms with Crippen molar-refractivity contribution in [2.24, 2.45) is 5.41 Å². The van der Waals surface area contributed by atoms with Crippen molar-refractivity contribution in [2.75, 3.05) is 19.7 Å². The standard InChI is InChI=1S/C15H32N2O2/c1-7-19-13(18)16-10-8-9-11-17-15(5,6)12-14(2,3)4/h17H,7-12H2,1-6H3,(H,16,18). The van der Waals surface area contributed by atoms with Gasteiger partial charge in [0, 0.05) is 12.1 Å². The summed E-state index contributed by atoms with van der Waals surface area (Å²) in [5, 5.41) is 6.32. The maximum absolute atomic E-state index is 11.0. The van der Waals surface area contributed by atoms with Crippen LogP contribution >= 0.6 is 0 Å². The van der Waals surface area contributed by atoms with Gasteiger partial charge in [-0.05, 0) is 52.0 Å². The fourth-order valence-corrected chi connectivity index (χ4v) is 2.44. The molecule has 2 N–H and O–H groups in total. The Hall–Kier alpha value is -0.770. The highest BCUT2D eigenvalue weighted by Crippen LogP contribution is 2.26.